The van der Waals surface area contributed by atoms with Gasteiger partial charge in [-0.15, -0.1) is 0 Å². The molecule has 0 fully saturated rings. The Labute approximate surface area is 218 Å². The molecule has 5 rings (SSSR count). The summed E-state index contributed by atoms with van der Waals surface area (Å²) in [4.78, 5) is 33.1. The van der Waals surface area contributed by atoms with E-state index in [9.17, 15) is 9.59 Å². The van der Waals surface area contributed by atoms with Gasteiger partial charge in [0.2, 0.25) is 5.91 Å². The molecule has 0 saturated heterocycles. The van der Waals surface area contributed by atoms with Crippen LogP contribution in [-0.2, 0) is 4.79 Å². The zero-order valence-corrected chi connectivity index (χ0v) is 22.2. The van der Waals surface area contributed by atoms with Gasteiger partial charge in [0.1, 0.15) is 17.1 Å². The van der Waals surface area contributed by atoms with E-state index in [0.717, 1.165) is 23.3 Å². The van der Waals surface area contributed by atoms with Crippen molar-refractivity contribution in [2.75, 3.05) is 6.61 Å². The minimum Gasteiger partial charge on any atom is -0.493 e. The Morgan fingerprint density at radius 3 is 2.65 bits per heavy atom. The number of carbonyl (C=O) groups is 2. The number of guanidine groups is 1. The number of hydrogen-bond acceptors (Lipinski definition) is 6. The lowest BCUT2D eigenvalue weighted by Gasteiger charge is -2.43. The summed E-state index contributed by atoms with van der Waals surface area (Å²) in [7, 11) is 0. The van der Waals surface area contributed by atoms with E-state index < -0.39 is 11.1 Å². The van der Waals surface area contributed by atoms with Crippen LogP contribution >= 0.6 is 0 Å². The predicted octanol–water partition coefficient (Wildman–Crippen LogP) is 4.50. The molecular formula is C29H36N4O4. The van der Waals surface area contributed by atoms with Crippen LogP contribution in [0.4, 0.5) is 0 Å². The first kappa shape index (κ1) is 25.1. The fourth-order valence-electron chi connectivity index (χ4n) is 5.65. The third kappa shape index (κ3) is 4.65. The highest BCUT2D eigenvalue weighted by atomic mass is 16.5. The van der Waals surface area contributed by atoms with Gasteiger partial charge < -0.3 is 20.5 Å². The minimum atomic E-state index is -0.496. The van der Waals surface area contributed by atoms with Crippen LogP contribution in [0.2, 0.25) is 0 Å². The molecule has 0 radical (unpaired) electrons. The Kier molecular flexibility index (Phi) is 6.16. The molecule has 2 aromatic rings. The van der Waals surface area contributed by atoms with Crippen molar-refractivity contribution in [1.29, 1.82) is 0 Å². The van der Waals surface area contributed by atoms with Crippen molar-refractivity contribution in [1.82, 2.24) is 10.2 Å². The van der Waals surface area contributed by atoms with Gasteiger partial charge in [0.25, 0.3) is 5.91 Å². The highest BCUT2D eigenvalue weighted by molar-refractivity contribution is 6.00. The predicted molar refractivity (Wildman–Crippen MR) is 142 cm³/mol. The van der Waals surface area contributed by atoms with Crippen molar-refractivity contribution in [2.24, 2.45) is 16.6 Å². The van der Waals surface area contributed by atoms with Crippen molar-refractivity contribution >= 4 is 17.8 Å². The van der Waals surface area contributed by atoms with Gasteiger partial charge in [-0.25, -0.2) is 4.99 Å². The minimum absolute atomic E-state index is 0.0299. The molecule has 3 N–H and O–H groups in total. The van der Waals surface area contributed by atoms with E-state index in [1.165, 1.54) is 0 Å². The molecule has 3 heterocycles. The van der Waals surface area contributed by atoms with Gasteiger partial charge in [-0.2, -0.15) is 0 Å². The lowest BCUT2D eigenvalue weighted by molar-refractivity contribution is -0.132. The molecule has 8 heteroatoms. The van der Waals surface area contributed by atoms with E-state index in [0.29, 0.717) is 30.8 Å². The zero-order chi connectivity index (χ0) is 26.5. The normalized spacial score (nSPS) is 28.2. The van der Waals surface area contributed by atoms with Gasteiger partial charge in [-0.3, -0.25) is 14.5 Å². The maximum atomic E-state index is 13.5. The summed E-state index contributed by atoms with van der Waals surface area (Å²) in [6.45, 7) is 10.5. The maximum absolute atomic E-state index is 13.5. The third-order valence-corrected chi connectivity index (χ3v) is 7.78. The second kappa shape index (κ2) is 9.08. The standard InChI is InChI=1S/C29H36N4O4/c1-6-29(5)15-24(34)33(27(30)32-29)25-17(2)16-36-22-12-11-18(13-20(22)25)26(35)31-21-14-28(3,4)37-23-10-8-7-9-19(21)23/h7-13,17,21,25H,6,14-16H2,1-5H3,(H2,30,32)(H,31,35). The molecule has 2 aromatic carbocycles. The molecule has 37 heavy (non-hydrogen) atoms. The smallest absolute Gasteiger partial charge is 0.251 e. The summed E-state index contributed by atoms with van der Waals surface area (Å²) in [6.07, 6.45) is 1.67. The van der Waals surface area contributed by atoms with Gasteiger partial charge in [-0.1, -0.05) is 32.0 Å². The van der Waals surface area contributed by atoms with Gasteiger partial charge in [0.15, 0.2) is 5.96 Å². The number of fused-ring (bicyclic) bond motifs is 2. The van der Waals surface area contributed by atoms with Crippen molar-refractivity contribution in [3.8, 4) is 11.5 Å². The number of hydrogen-bond donors (Lipinski definition) is 2. The number of aliphatic imine (C=N–C) groups is 1. The molecule has 3 aliphatic rings. The third-order valence-electron chi connectivity index (χ3n) is 7.78. The van der Waals surface area contributed by atoms with E-state index >= 15 is 0 Å². The van der Waals surface area contributed by atoms with Crippen LogP contribution in [0.3, 0.4) is 0 Å². The van der Waals surface area contributed by atoms with E-state index in [4.69, 9.17) is 15.2 Å². The average Bonchev–Trinajstić information content (AvgIpc) is 2.84. The van der Waals surface area contributed by atoms with Crippen molar-refractivity contribution in [3.05, 3.63) is 59.2 Å². The molecule has 2 amide bonds. The Morgan fingerprint density at radius 2 is 1.92 bits per heavy atom. The van der Waals surface area contributed by atoms with E-state index in [-0.39, 0.29) is 35.8 Å². The number of nitrogens with two attached hydrogens (primary N) is 1. The fourth-order valence-corrected chi connectivity index (χ4v) is 5.65. The molecule has 0 saturated carbocycles. The number of ether oxygens (including phenoxy) is 2. The quantitative estimate of drug-likeness (QED) is 0.638. The molecule has 4 atom stereocenters. The number of rotatable bonds is 4. The van der Waals surface area contributed by atoms with E-state index in [1.807, 2.05) is 71.0 Å². The maximum Gasteiger partial charge on any atom is 0.251 e. The zero-order valence-electron chi connectivity index (χ0n) is 22.2. The van der Waals surface area contributed by atoms with Gasteiger partial charge in [0, 0.05) is 29.0 Å². The first-order valence-electron chi connectivity index (χ1n) is 13.0. The molecule has 196 valence electrons. The number of nitrogens with one attached hydrogen (secondary N) is 1. The Bertz CT molecular complexity index is 1270. The summed E-state index contributed by atoms with van der Waals surface area (Å²) in [5, 5.41) is 3.21. The molecular weight excluding hydrogens is 468 g/mol. The molecule has 0 spiro atoms. The van der Waals surface area contributed by atoms with Crippen LogP contribution in [0.1, 0.15) is 87.4 Å². The number of nitrogens with zero attached hydrogens (tertiary/aromatic N) is 2. The molecule has 0 aromatic heterocycles. The van der Waals surface area contributed by atoms with Crippen LogP contribution in [-0.4, -0.2) is 40.4 Å². The van der Waals surface area contributed by atoms with Crippen LogP contribution < -0.4 is 20.5 Å². The molecule has 8 nitrogen and oxygen atoms in total. The average molecular weight is 505 g/mol. The largest absolute Gasteiger partial charge is 0.493 e. The second-order valence-corrected chi connectivity index (χ2v) is 11.4. The summed E-state index contributed by atoms with van der Waals surface area (Å²) in [5.74, 6) is 1.38. The second-order valence-electron chi connectivity index (χ2n) is 11.4. The number of benzene rings is 2. The molecule has 0 bridgehead atoms. The number of carbonyl (C=O) groups excluding carboxylic acids is 2. The van der Waals surface area contributed by atoms with Crippen LogP contribution in [0.25, 0.3) is 0 Å². The summed E-state index contributed by atoms with van der Waals surface area (Å²) in [5.41, 5.74) is 7.72. The lowest BCUT2D eigenvalue weighted by Crippen LogP contribution is -2.54. The first-order valence-corrected chi connectivity index (χ1v) is 13.0. The molecule has 0 aliphatic carbocycles. The summed E-state index contributed by atoms with van der Waals surface area (Å²) < 4.78 is 12.1. The number of para-hydroxylation sites is 1. The Hall–Kier alpha value is -3.55. The SMILES string of the molecule is CCC1(C)CC(=O)N(C2c3cc(C(=O)NC4CC(C)(C)Oc5ccccc54)ccc3OCC2C)C(N)=N1. The highest BCUT2D eigenvalue weighted by Gasteiger charge is 2.43. The summed E-state index contributed by atoms with van der Waals surface area (Å²) in [6, 6.07) is 12.7. The van der Waals surface area contributed by atoms with Crippen LogP contribution in [0, 0.1) is 5.92 Å². The highest BCUT2D eigenvalue weighted by Crippen LogP contribution is 2.43. The van der Waals surface area contributed by atoms with Crippen molar-refractivity contribution in [3.63, 3.8) is 0 Å². The first-order chi connectivity index (χ1) is 17.5. The Morgan fingerprint density at radius 1 is 1.16 bits per heavy atom. The van der Waals surface area contributed by atoms with Gasteiger partial charge >= 0.3 is 0 Å². The van der Waals surface area contributed by atoms with Gasteiger partial charge in [0.05, 0.1) is 30.7 Å². The van der Waals surface area contributed by atoms with Crippen molar-refractivity contribution < 1.29 is 19.1 Å². The number of amides is 2. The monoisotopic (exact) mass is 504 g/mol. The molecule has 3 aliphatic heterocycles. The van der Waals surface area contributed by atoms with Crippen LogP contribution in [0.15, 0.2) is 47.5 Å². The topological polar surface area (TPSA) is 106 Å². The lowest BCUT2D eigenvalue weighted by atomic mass is 9.86. The van der Waals surface area contributed by atoms with Gasteiger partial charge in [-0.05, 0) is 51.5 Å². The van der Waals surface area contributed by atoms with Crippen LogP contribution in [0.5, 0.6) is 11.5 Å². The summed E-state index contributed by atoms with van der Waals surface area (Å²) >= 11 is 0. The van der Waals surface area contributed by atoms with E-state index in [1.54, 1.807) is 11.0 Å². The molecule has 4 unspecified atom stereocenters. The van der Waals surface area contributed by atoms with Crippen molar-refractivity contribution in [2.45, 2.75) is 77.1 Å². The van der Waals surface area contributed by atoms with E-state index in [2.05, 4.69) is 10.3 Å². The fraction of sp³-hybridized carbons (Fsp3) is 0.483. The Balaban J connectivity index is 1.46.